The van der Waals surface area contributed by atoms with Crippen molar-refractivity contribution < 1.29 is 4.74 Å². The Bertz CT molecular complexity index is 353. The maximum atomic E-state index is 8.99. The van der Waals surface area contributed by atoms with E-state index in [2.05, 4.69) is 12.1 Å². The lowest BCUT2D eigenvalue weighted by Crippen LogP contribution is -2.16. The summed E-state index contributed by atoms with van der Waals surface area (Å²) < 4.78 is 5.11. The monoisotopic (exact) mass is 231 g/mol. The van der Waals surface area contributed by atoms with Gasteiger partial charge in [0.1, 0.15) is 0 Å². The Labute approximate surface area is 98.6 Å². The first-order valence-corrected chi connectivity index (χ1v) is 6.61. The molecule has 0 saturated carbocycles. The van der Waals surface area contributed by atoms with Gasteiger partial charge >= 0.3 is 0 Å². The molecule has 0 aromatic carbocycles. The minimum absolute atomic E-state index is 0.584. The van der Waals surface area contributed by atoms with Crippen molar-refractivity contribution in [1.29, 1.82) is 10.5 Å². The predicted molar refractivity (Wildman–Crippen MR) is 65.3 cm³/mol. The molecule has 0 aliphatic rings. The molecule has 0 saturated heterocycles. The fraction of sp³-hybridized carbons (Fsp3) is 0.333. The molecule has 0 amide bonds. The smallest absolute Gasteiger partial charge is 0.177 e. The third-order valence-corrected chi connectivity index (χ3v) is 4.33. The molecule has 3 nitrogen and oxygen atoms in total. The Hall–Kier alpha value is -1.78. The van der Waals surface area contributed by atoms with E-state index in [9.17, 15) is 0 Å². The molecule has 0 N–H and O–H groups in total. The van der Waals surface area contributed by atoms with Gasteiger partial charge in [0.05, 0.1) is 25.0 Å². The molecule has 0 aliphatic heterocycles. The molecule has 0 aromatic heterocycles. The molecule has 16 heavy (non-hydrogen) atoms. The molecule has 1 radical (unpaired) electrons. The van der Waals surface area contributed by atoms with Gasteiger partial charge in [0.2, 0.25) is 0 Å². The van der Waals surface area contributed by atoms with Crippen LogP contribution in [0.3, 0.4) is 0 Å². The second-order valence-corrected chi connectivity index (χ2v) is 5.04. The Balaban J connectivity index is 5.09. The van der Waals surface area contributed by atoms with E-state index >= 15 is 0 Å². The maximum Gasteiger partial charge on any atom is 0.177 e. The summed E-state index contributed by atoms with van der Waals surface area (Å²) in [4.78, 5) is 0. The zero-order valence-electron chi connectivity index (χ0n) is 9.82. The molecule has 0 bridgehead atoms. The fourth-order valence-corrected chi connectivity index (χ4v) is 2.84. The molecule has 0 rings (SSSR count). The van der Waals surface area contributed by atoms with Gasteiger partial charge in [-0.1, -0.05) is 17.9 Å². The van der Waals surface area contributed by atoms with Crippen LogP contribution < -0.4 is 0 Å². The van der Waals surface area contributed by atoms with Crippen molar-refractivity contribution >= 4 is 8.80 Å². The van der Waals surface area contributed by atoms with Crippen LogP contribution in [-0.2, 0) is 4.74 Å². The van der Waals surface area contributed by atoms with Crippen LogP contribution in [0.5, 0.6) is 0 Å². The molecule has 0 fully saturated rings. The van der Waals surface area contributed by atoms with E-state index in [1.54, 1.807) is 18.4 Å². The molecule has 0 aliphatic carbocycles. The van der Waals surface area contributed by atoms with Gasteiger partial charge < -0.3 is 4.74 Å². The van der Waals surface area contributed by atoms with E-state index in [1.165, 1.54) is 0 Å². The normalized spacial score (nSPS) is 12.6. The third-order valence-electron chi connectivity index (χ3n) is 1.90. The average Bonchev–Trinajstić information content (AvgIpc) is 2.31. The van der Waals surface area contributed by atoms with Crippen molar-refractivity contribution in [3.05, 3.63) is 34.5 Å². The fourth-order valence-electron chi connectivity index (χ4n) is 1.10. The second-order valence-electron chi connectivity index (χ2n) is 2.80. The first-order chi connectivity index (χ1) is 7.74. The summed E-state index contributed by atoms with van der Waals surface area (Å²) in [5.74, 6) is 0. The van der Waals surface area contributed by atoms with Gasteiger partial charge in [0, 0.05) is 10.4 Å². The van der Waals surface area contributed by atoms with Gasteiger partial charge in [0.25, 0.3) is 0 Å². The van der Waals surface area contributed by atoms with Crippen LogP contribution in [0.4, 0.5) is 0 Å². The highest BCUT2D eigenvalue weighted by atomic mass is 28.3. The van der Waals surface area contributed by atoms with Crippen molar-refractivity contribution in [1.82, 2.24) is 0 Å². The van der Waals surface area contributed by atoms with Crippen molar-refractivity contribution in [3.8, 4) is 12.1 Å². The van der Waals surface area contributed by atoms with Crippen LogP contribution in [0, 0.1) is 22.7 Å². The standard InChI is InChI=1S/C12H15N2OSi/c1-4-11(9-13)16(8-7-15-6-3)12(5-2)10-14/h4-5,7-8H,6H2,1-3H3. The van der Waals surface area contributed by atoms with Crippen molar-refractivity contribution in [2.45, 2.75) is 20.8 Å². The molecule has 0 unspecified atom stereocenters. The van der Waals surface area contributed by atoms with Crippen LogP contribution in [-0.4, -0.2) is 15.4 Å². The molecule has 83 valence electrons. The van der Waals surface area contributed by atoms with Crippen LogP contribution in [0.1, 0.15) is 20.8 Å². The quantitative estimate of drug-likeness (QED) is 0.415. The van der Waals surface area contributed by atoms with Gasteiger partial charge in [-0.05, 0) is 20.8 Å². The summed E-state index contributed by atoms with van der Waals surface area (Å²) in [6.45, 7) is 6.09. The lowest BCUT2D eigenvalue weighted by atomic mass is 10.5. The Morgan fingerprint density at radius 3 is 2.00 bits per heavy atom. The van der Waals surface area contributed by atoms with Gasteiger partial charge in [0.15, 0.2) is 8.80 Å². The van der Waals surface area contributed by atoms with Gasteiger partial charge in [-0.15, -0.1) is 0 Å². The molecule has 0 spiro atoms. The largest absolute Gasteiger partial charge is 0.502 e. The third kappa shape index (κ3) is 4.16. The number of allylic oxidation sites excluding steroid dienone is 4. The van der Waals surface area contributed by atoms with Crippen LogP contribution in [0.15, 0.2) is 34.5 Å². The zero-order chi connectivity index (χ0) is 12.4. The van der Waals surface area contributed by atoms with E-state index in [0.29, 0.717) is 17.0 Å². The predicted octanol–water partition coefficient (Wildman–Crippen LogP) is 2.59. The van der Waals surface area contributed by atoms with E-state index < -0.39 is 8.80 Å². The Morgan fingerprint density at radius 1 is 1.19 bits per heavy atom. The summed E-state index contributed by atoms with van der Waals surface area (Å²) in [6.07, 6.45) is 5.09. The number of nitrogens with zero attached hydrogens (tertiary/aromatic N) is 2. The average molecular weight is 231 g/mol. The topological polar surface area (TPSA) is 56.8 Å². The van der Waals surface area contributed by atoms with Crippen LogP contribution in [0.25, 0.3) is 0 Å². The van der Waals surface area contributed by atoms with E-state index in [-0.39, 0.29) is 0 Å². The van der Waals surface area contributed by atoms with Crippen molar-refractivity contribution in [2.75, 3.05) is 6.61 Å². The molecule has 0 heterocycles. The number of hydrogen-bond acceptors (Lipinski definition) is 3. The second kappa shape index (κ2) is 8.52. The number of ether oxygens (including phenoxy) is 1. The highest BCUT2D eigenvalue weighted by Crippen LogP contribution is 2.11. The Kier molecular flexibility index (Phi) is 7.57. The molecule has 4 heteroatoms. The number of rotatable bonds is 5. The maximum absolute atomic E-state index is 8.99. The minimum atomic E-state index is -1.40. The highest BCUT2D eigenvalue weighted by molar-refractivity contribution is 6.80. The Morgan fingerprint density at radius 2 is 1.69 bits per heavy atom. The summed E-state index contributed by atoms with van der Waals surface area (Å²) in [7, 11) is -1.40. The highest BCUT2D eigenvalue weighted by Gasteiger charge is 2.18. The van der Waals surface area contributed by atoms with Gasteiger partial charge in [-0.3, -0.25) is 0 Å². The molecule has 0 aromatic rings. The van der Waals surface area contributed by atoms with Gasteiger partial charge in [-0.2, -0.15) is 10.5 Å². The summed E-state index contributed by atoms with van der Waals surface area (Å²) in [6, 6.07) is 4.27. The van der Waals surface area contributed by atoms with Crippen molar-refractivity contribution in [2.24, 2.45) is 0 Å². The lowest BCUT2D eigenvalue weighted by Gasteiger charge is -2.07. The molecular weight excluding hydrogens is 216 g/mol. The molecular formula is C12H15N2OSi. The van der Waals surface area contributed by atoms with Crippen LogP contribution in [0.2, 0.25) is 0 Å². The van der Waals surface area contributed by atoms with E-state index in [0.717, 1.165) is 0 Å². The van der Waals surface area contributed by atoms with Gasteiger partial charge in [-0.25, -0.2) is 0 Å². The lowest BCUT2D eigenvalue weighted by molar-refractivity contribution is 0.270. The first kappa shape index (κ1) is 14.2. The summed E-state index contributed by atoms with van der Waals surface area (Å²) in [5, 5.41) is 19.3. The van der Waals surface area contributed by atoms with E-state index in [1.807, 2.05) is 26.5 Å². The molecule has 0 atom stereocenters. The SMILES string of the molecule is CC=C(C#N)[Si](C=COCC)C(C#N)=CC. The summed E-state index contributed by atoms with van der Waals surface area (Å²) in [5.41, 5.74) is 1.82. The minimum Gasteiger partial charge on any atom is -0.502 e. The first-order valence-electron chi connectivity index (χ1n) is 5.03. The zero-order valence-corrected chi connectivity index (χ0v) is 10.8. The van der Waals surface area contributed by atoms with Crippen LogP contribution >= 0.6 is 0 Å². The number of nitriles is 2. The summed E-state index contributed by atoms with van der Waals surface area (Å²) >= 11 is 0. The van der Waals surface area contributed by atoms with Crippen molar-refractivity contribution in [3.63, 3.8) is 0 Å². The van der Waals surface area contributed by atoms with E-state index in [4.69, 9.17) is 15.3 Å². The number of hydrogen-bond donors (Lipinski definition) is 0.